The largest absolute Gasteiger partial charge is 0.493 e. The Kier molecular flexibility index (Phi) is 9.37. The highest BCUT2D eigenvalue weighted by molar-refractivity contribution is 5.79. The Balaban J connectivity index is 2.01. The Morgan fingerprint density at radius 3 is 2.60 bits per heavy atom. The van der Waals surface area contributed by atoms with Crippen LogP contribution in [0.5, 0.6) is 11.5 Å². The average molecular weight is 424 g/mol. The Morgan fingerprint density at radius 2 is 1.97 bits per heavy atom. The Bertz CT molecular complexity index is 803. The zero-order valence-electron chi connectivity index (χ0n) is 17.9. The molecule has 9 heteroatoms. The van der Waals surface area contributed by atoms with Crippen molar-refractivity contribution in [2.24, 2.45) is 4.99 Å². The topological polar surface area (TPSA) is 80.9 Å². The van der Waals surface area contributed by atoms with Crippen LogP contribution in [0.25, 0.3) is 0 Å². The van der Waals surface area contributed by atoms with Crippen LogP contribution >= 0.6 is 0 Å². The fraction of sp³-hybridized carbons (Fsp3) is 0.524. The second kappa shape index (κ2) is 12.0. The summed E-state index contributed by atoms with van der Waals surface area (Å²) < 4.78 is 40.2. The van der Waals surface area contributed by atoms with Crippen molar-refractivity contribution in [3.8, 4) is 11.5 Å². The van der Waals surface area contributed by atoms with Crippen LogP contribution in [-0.2, 0) is 25.8 Å². The molecule has 0 radical (unpaired) electrons. The highest BCUT2D eigenvalue weighted by Gasteiger charge is 2.14. The molecule has 2 N–H and O–H groups in total. The van der Waals surface area contributed by atoms with E-state index in [0.717, 1.165) is 35.4 Å². The van der Waals surface area contributed by atoms with Crippen molar-refractivity contribution in [3.05, 3.63) is 40.8 Å². The number of guanidine groups is 1. The maximum atomic E-state index is 12.6. The van der Waals surface area contributed by atoms with Gasteiger partial charge in [0.15, 0.2) is 17.5 Å². The van der Waals surface area contributed by atoms with E-state index in [0.29, 0.717) is 32.0 Å². The van der Waals surface area contributed by atoms with Crippen molar-refractivity contribution in [2.75, 3.05) is 20.2 Å². The third kappa shape index (κ3) is 6.60. The summed E-state index contributed by atoms with van der Waals surface area (Å²) in [6.45, 7) is 4.90. The molecule has 1 aromatic carbocycles. The second-order valence-corrected chi connectivity index (χ2v) is 6.47. The lowest BCUT2D eigenvalue weighted by Crippen LogP contribution is -2.38. The third-order valence-electron chi connectivity index (χ3n) is 4.50. The van der Waals surface area contributed by atoms with E-state index < -0.39 is 6.61 Å². The van der Waals surface area contributed by atoms with E-state index in [4.69, 9.17) is 9.26 Å². The van der Waals surface area contributed by atoms with E-state index in [1.807, 2.05) is 26.8 Å². The number of benzene rings is 1. The number of nitrogens with zero attached hydrogens (tertiary/aromatic N) is 2. The van der Waals surface area contributed by atoms with Crippen molar-refractivity contribution in [1.29, 1.82) is 0 Å². The van der Waals surface area contributed by atoms with Crippen molar-refractivity contribution in [1.82, 2.24) is 15.8 Å². The van der Waals surface area contributed by atoms with Crippen LogP contribution < -0.4 is 20.1 Å². The highest BCUT2D eigenvalue weighted by atomic mass is 19.3. The van der Waals surface area contributed by atoms with E-state index in [1.54, 1.807) is 12.1 Å². The predicted octanol–water partition coefficient (Wildman–Crippen LogP) is 3.71. The quantitative estimate of drug-likeness (QED) is 0.423. The SMILES string of the molecule is CCNC(=NCc1c(CC)noc1CC)NCCc1ccc(OC)c(OC(F)F)c1. The molecule has 2 rings (SSSR count). The van der Waals surface area contributed by atoms with Crippen LogP contribution in [-0.4, -0.2) is 37.9 Å². The highest BCUT2D eigenvalue weighted by Crippen LogP contribution is 2.29. The summed E-state index contributed by atoms with van der Waals surface area (Å²) >= 11 is 0. The molecule has 0 unspecified atom stereocenters. The molecule has 0 bridgehead atoms. The average Bonchev–Trinajstić information content (AvgIpc) is 3.13. The van der Waals surface area contributed by atoms with Gasteiger partial charge in [0.2, 0.25) is 0 Å². The van der Waals surface area contributed by atoms with Crippen LogP contribution in [0.2, 0.25) is 0 Å². The van der Waals surface area contributed by atoms with Gasteiger partial charge in [-0.25, -0.2) is 4.99 Å². The molecule has 0 saturated carbocycles. The molecule has 30 heavy (non-hydrogen) atoms. The van der Waals surface area contributed by atoms with E-state index >= 15 is 0 Å². The van der Waals surface area contributed by atoms with E-state index in [9.17, 15) is 8.78 Å². The van der Waals surface area contributed by atoms with Crippen molar-refractivity contribution in [2.45, 2.75) is 53.2 Å². The van der Waals surface area contributed by atoms with Gasteiger partial charge in [0, 0.05) is 25.1 Å². The molecule has 0 atom stereocenters. The minimum absolute atomic E-state index is 0.0252. The number of hydrogen-bond acceptors (Lipinski definition) is 5. The molecule has 0 amide bonds. The summed E-state index contributed by atoms with van der Waals surface area (Å²) in [5, 5.41) is 10.6. The summed E-state index contributed by atoms with van der Waals surface area (Å²) in [6, 6.07) is 5.01. The number of aromatic nitrogens is 1. The summed E-state index contributed by atoms with van der Waals surface area (Å²) in [5.74, 6) is 1.82. The number of ether oxygens (including phenoxy) is 2. The van der Waals surface area contributed by atoms with Crippen molar-refractivity contribution in [3.63, 3.8) is 0 Å². The zero-order valence-corrected chi connectivity index (χ0v) is 17.9. The lowest BCUT2D eigenvalue weighted by atomic mass is 10.1. The summed E-state index contributed by atoms with van der Waals surface area (Å²) in [6.07, 6.45) is 2.16. The first kappa shape index (κ1) is 23.4. The summed E-state index contributed by atoms with van der Waals surface area (Å²) in [4.78, 5) is 4.64. The number of hydrogen-bond donors (Lipinski definition) is 2. The molecule has 2 aromatic rings. The number of rotatable bonds is 11. The maximum Gasteiger partial charge on any atom is 0.387 e. The first-order chi connectivity index (χ1) is 14.5. The smallest absolute Gasteiger partial charge is 0.387 e. The molecule has 0 fully saturated rings. The van der Waals surface area contributed by atoms with Gasteiger partial charge in [-0.2, -0.15) is 8.78 Å². The van der Waals surface area contributed by atoms with Gasteiger partial charge < -0.3 is 24.6 Å². The standard InChI is InChI=1S/C21H30F2N4O3/c1-5-16-15(17(6-2)30-27-16)13-26-21(24-7-3)25-11-10-14-8-9-18(28-4)19(12-14)29-20(22)23/h8-9,12,20H,5-7,10-11,13H2,1-4H3,(H2,24,25,26). The molecule has 0 aliphatic heterocycles. The van der Waals surface area contributed by atoms with Gasteiger partial charge in [-0.3, -0.25) is 0 Å². The van der Waals surface area contributed by atoms with Crippen LogP contribution in [0.3, 0.4) is 0 Å². The summed E-state index contributed by atoms with van der Waals surface area (Å²) in [5.41, 5.74) is 2.80. The predicted molar refractivity (Wildman–Crippen MR) is 111 cm³/mol. The molecule has 0 aliphatic rings. The fourth-order valence-corrected chi connectivity index (χ4v) is 3.01. The van der Waals surface area contributed by atoms with Crippen LogP contribution in [0.15, 0.2) is 27.7 Å². The number of methoxy groups -OCH3 is 1. The van der Waals surface area contributed by atoms with E-state index in [2.05, 4.69) is 25.5 Å². The van der Waals surface area contributed by atoms with E-state index in [1.165, 1.54) is 7.11 Å². The first-order valence-corrected chi connectivity index (χ1v) is 10.1. The zero-order chi connectivity index (χ0) is 21.9. The number of aryl methyl sites for hydroxylation is 2. The van der Waals surface area contributed by atoms with Gasteiger partial charge in [-0.05, 0) is 37.5 Å². The maximum absolute atomic E-state index is 12.6. The normalized spacial score (nSPS) is 11.6. The number of halogens is 2. The number of alkyl halides is 2. The van der Waals surface area contributed by atoms with E-state index in [-0.39, 0.29) is 11.5 Å². The molecule has 0 aliphatic carbocycles. The van der Waals surface area contributed by atoms with Crippen molar-refractivity contribution < 1.29 is 22.8 Å². The van der Waals surface area contributed by atoms with Gasteiger partial charge in [0.25, 0.3) is 0 Å². The number of aliphatic imine (C=N–C) groups is 1. The molecular formula is C21H30F2N4O3. The lowest BCUT2D eigenvalue weighted by Gasteiger charge is -2.13. The Labute approximate surface area is 175 Å². The molecule has 0 spiro atoms. The molecule has 1 heterocycles. The molecule has 166 valence electrons. The fourth-order valence-electron chi connectivity index (χ4n) is 3.01. The van der Waals surface area contributed by atoms with Gasteiger partial charge in [0.05, 0.1) is 19.3 Å². The molecule has 0 saturated heterocycles. The van der Waals surface area contributed by atoms with Gasteiger partial charge in [-0.1, -0.05) is 25.1 Å². The molecule has 1 aromatic heterocycles. The van der Waals surface area contributed by atoms with Crippen LogP contribution in [0.4, 0.5) is 8.78 Å². The van der Waals surface area contributed by atoms with Gasteiger partial charge >= 0.3 is 6.61 Å². The second-order valence-electron chi connectivity index (χ2n) is 6.47. The Morgan fingerprint density at radius 1 is 1.17 bits per heavy atom. The van der Waals surface area contributed by atoms with Crippen LogP contribution in [0, 0.1) is 0 Å². The Hall–Kier alpha value is -2.84. The van der Waals surface area contributed by atoms with Crippen LogP contribution in [0.1, 0.15) is 43.4 Å². The third-order valence-corrected chi connectivity index (χ3v) is 4.50. The lowest BCUT2D eigenvalue weighted by molar-refractivity contribution is -0.0512. The van der Waals surface area contributed by atoms with Gasteiger partial charge in [0.1, 0.15) is 5.76 Å². The number of nitrogens with one attached hydrogen (secondary N) is 2. The minimum atomic E-state index is -2.90. The van der Waals surface area contributed by atoms with Crippen molar-refractivity contribution >= 4 is 5.96 Å². The van der Waals surface area contributed by atoms with Gasteiger partial charge in [-0.15, -0.1) is 0 Å². The monoisotopic (exact) mass is 424 g/mol. The molecule has 7 nitrogen and oxygen atoms in total. The minimum Gasteiger partial charge on any atom is -0.493 e. The molecular weight excluding hydrogens is 394 g/mol. The first-order valence-electron chi connectivity index (χ1n) is 10.1. The summed E-state index contributed by atoms with van der Waals surface area (Å²) in [7, 11) is 1.41.